The SMILES string of the molecule is NCC=CC(=O)N1CCC(N(CC2CC2)c2cc(-c3ccncc3)c[nH]c2=O)CC1. The Bertz CT molecular complexity index is 944. The summed E-state index contributed by atoms with van der Waals surface area (Å²) in [6, 6.07) is 6.14. The zero-order chi connectivity index (χ0) is 20.9. The van der Waals surface area contributed by atoms with Crippen molar-refractivity contribution in [3.05, 3.63) is 59.3 Å². The molecule has 2 aliphatic rings. The van der Waals surface area contributed by atoms with Gasteiger partial charge in [0.1, 0.15) is 5.69 Å². The minimum absolute atomic E-state index is 0.0187. The molecule has 158 valence electrons. The fourth-order valence-electron chi connectivity index (χ4n) is 4.09. The predicted octanol–water partition coefficient (Wildman–Crippen LogP) is 2.16. The summed E-state index contributed by atoms with van der Waals surface area (Å²) < 4.78 is 0. The van der Waals surface area contributed by atoms with Crippen molar-refractivity contribution in [1.82, 2.24) is 14.9 Å². The maximum atomic E-state index is 12.8. The van der Waals surface area contributed by atoms with Gasteiger partial charge in [0, 0.05) is 62.5 Å². The monoisotopic (exact) mass is 407 g/mol. The lowest BCUT2D eigenvalue weighted by Gasteiger charge is -2.39. The summed E-state index contributed by atoms with van der Waals surface area (Å²) in [6.07, 6.45) is 12.7. The second-order valence-corrected chi connectivity index (χ2v) is 8.13. The van der Waals surface area contributed by atoms with Gasteiger partial charge in [0.25, 0.3) is 5.56 Å². The van der Waals surface area contributed by atoms with Gasteiger partial charge in [-0.05, 0) is 55.4 Å². The molecular weight excluding hydrogens is 378 g/mol. The summed E-state index contributed by atoms with van der Waals surface area (Å²) >= 11 is 0. The molecule has 1 saturated heterocycles. The van der Waals surface area contributed by atoms with Crippen LogP contribution in [0.25, 0.3) is 11.1 Å². The van der Waals surface area contributed by atoms with Crippen LogP contribution in [0.15, 0.2) is 53.7 Å². The molecule has 0 aromatic carbocycles. The molecule has 2 aromatic rings. The molecule has 3 heterocycles. The van der Waals surface area contributed by atoms with E-state index in [0.717, 1.165) is 36.2 Å². The standard InChI is InChI=1S/C23H29N5O2/c24-9-1-2-22(29)27-12-7-20(8-13-27)28(16-17-3-4-17)21-14-19(15-26-23(21)30)18-5-10-25-11-6-18/h1-2,5-6,10-11,14-15,17,20H,3-4,7-9,12-13,16,24H2,(H,26,30). The molecule has 30 heavy (non-hydrogen) atoms. The quantitative estimate of drug-likeness (QED) is 0.686. The zero-order valence-electron chi connectivity index (χ0n) is 17.2. The third kappa shape index (κ3) is 4.79. The van der Waals surface area contributed by atoms with E-state index in [1.807, 2.05) is 23.1 Å². The number of nitrogens with one attached hydrogen (secondary N) is 1. The Labute approximate surface area is 176 Å². The highest BCUT2D eigenvalue weighted by Gasteiger charge is 2.32. The molecule has 7 nitrogen and oxygen atoms in total. The minimum Gasteiger partial charge on any atom is -0.364 e. The molecule has 3 N–H and O–H groups in total. The molecule has 1 saturated carbocycles. The number of nitrogens with two attached hydrogens (primary N) is 1. The van der Waals surface area contributed by atoms with Crippen LogP contribution in [0.5, 0.6) is 0 Å². The molecule has 0 spiro atoms. The Kier molecular flexibility index (Phi) is 6.28. The van der Waals surface area contributed by atoms with Crippen LogP contribution in [0.3, 0.4) is 0 Å². The largest absolute Gasteiger partial charge is 0.364 e. The van der Waals surface area contributed by atoms with Gasteiger partial charge in [-0.25, -0.2) is 0 Å². The average molecular weight is 408 g/mol. The molecule has 1 aliphatic heterocycles. The first-order valence-corrected chi connectivity index (χ1v) is 10.7. The first kappa shape index (κ1) is 20.3. The Hall–Kier alpha value is -2.93. The van der Waals surface area contributed by atoms with Crippen LogP contribution in [0.2, 0.25) is 0 Å². The van der Waals surface area contributed by atoms with Crippen LogP contribution in [0, 0.1) is 5.92 Å². The lowest BCUT2D eigenvalue weighted by molar-refractivity contribution is -0.127. The highest BCUT2D eigenvalue weighted by atomic mass is 16.2. The van der Waals surface area contributed by atoms with E-state index in [1.165, 1.54) is 12.8 Å². The van der Waals surface area contributed by atoms with Gasteiger partial charge in [-0.3, -0.25) is 14.6 Å². The van der Waals surface area contributed by atoms with Gasteiger partial charge in [-0.2, -0.15) is 0 Å². The molecular formula is C23H29N5O2. The van der Waals surface area contributed by atoms with E-state index >= 15 is 0 Å². The van der Waals surface area contributed by atoms with Gasteiger partial charge < -0.3 is 20.5 Å². The van der Waals surface area contributed by atoms with E-state index in [-0.39, 0.29) is 17.5 Å². The minimum atomic E-state index is -0.0576. The Morgan fingerprint density at radius 1 is 1.20 bits per heavy atom. The molecule has 1 aliphatic carbocycles. The Morgan fingerprint density at radius 2 is 1.93 bits per heavy atom. The topological polar surface area (TPSA) is 95.3 Å². The third-order valence-corrected chi connectivity index (χ3v) is 5.97. The molecule has 0 atom stereocenters. The zero-order valence-corrected chi connectivity index (χ0v) is 17.2. The lowest BCUT2D eigenvalue weighted by Crippen LogP contribution is -2.48. The molecule has 1 amide bonds. The molecule has 0 bridgehead atoms. The van der Waals surface area contributed by atoms with Crippen molar-refractivity contribution in [2.24, 2.45) is 11.7 Å². The summed E-state index contributed by atoms with van der Waals surface area (Å²) in [7, 11) is 0. The van der Waals surface area contributed by atoms with Crippen molar-refractivity contribution in [3.8, 4) is 11.1 Å². The summed E-state index contributed by atoms with van der Waals surface area (Å²) in [6.45, 7) is 2.66. The number of anilines is 1. The van der Waals surface area contributed by atoms with Gasteiger partial charge in [0.05, 0.1) is 0 Å². The molecule has 4 rings (SSSR count). The maximum absolute atomic E-state index is 12.8. The Balaban J connectivity index is 1.55. The second kappa shape index (κ2) is 9.26. The summed E-state index contributed by atoms with van der Waals surface area (Å²) in [5.41, 5.74) is 8.13. The van der Waals surface area contributed by atoms with E-state index in [9.17, 15) is 9.59 Å². The number of hydrogen-bond acceptors (Lipinski definition) is 5. The van der Waals surface area contributed by atoms with E-state index in [0.29, 0.717) is 25.6 Å². The van der Waals surface area contributed by atoms with Gasteiger partial charge in [-0.1, -0.05) is 6.08 Å². The highest BCUT2D eigenvalue weighted by Crippen LogP contribution is 2.34. The second-order valence-electron chi connectivity index (χ2n) is 8.13. The average Bonchev–Trinajstić information content (AvgIpc) is 3.61. The molecule has 2 aromatic heterocycles. The van der Waals surface area contributed by atoms with Crippen molar-refractivity contribution in [2.75, 3.05) is 31.1 Å². The van der Waals surface area contributed by atoms with Crippen LogP contribution >= 0.6 is 0 Å². The number of amides is 1. The van der Waals surface area contributed by atoms with Gasteiger partial charge in [0.2, 0.25) is 5.91 Å². The van der Waals surface area contributed by atoms with E-state index in [1.54, 1.807) is 30.7 Å². The van der Waals surface area contributed by atoms with Crippen LogP contribution in [-0.2, 0) is 4.79 Å². The first-order chi connectivity index (χ1) is 14.7. The predicted molar refractivity (Wildman–Crippen MR) is 118 cm³/mol. The number of carbonyl (C=O) groups is 1. The summed E-state index contributed by atoms with van der Waals surface area (Å²) in [5.74, 6) is 0.673. The molecule has 2 fully saturated rings. The van der Waals surface area contributed by atoms with Crippen LogP contribution in [0.1, 0.15) is 25.7 Å². The van der Waals surface area contributed by atoms with Crippen molar-refractivity contribution in [3.63, 3.8) is 0 Å². The third-order valence-electron chi connectivity index (χ3n) is 5.97. The number of pyridine rings is 2. The number of piperidine rings is 1. The number of nitrogens with zero attached hydrogens (tertiary/aromatic N) is 3. The normalized spacial score (nSPS) is 17.4. The van der Waals surface area contributed by atoms with Gasteiger partial charge in [-0.15, -0.1) is 0 Å². The molecule has 0 unspecified atom stereocenters. The highest BCUT2D eigenvalue weighted by molar-refractivity contribution is 5.87. The lowest BCUT2D eigenvalue weighted by atomic mass is 10.0. The van der Waals surface area contributed by atoms with Crippen molar-refractivity contribution in [2.45, 2.75) is 31.7 Å². The number of carbonyl (C=O) groups excluding carboxylic acids is 1. The number of hydrogen-bond donors (Lipinski definition) is 2. The van der Waals surface area contributed by atoms with Gasteiger partial charge in [0.15, 0.2) is 0 Å². The smallest absolute Gasteiger partial charge is 0.271 e. The van der Waals surface area contributed by atoms with Crippen molar-refractivity contribution in [1.29, 1.82) is 0 Å². The Morgan fingerprint density at radius 3 is 2.60 bits per heavy atom. The fourth-order valence-corrected chi connectivity index (χ4v) is 4.09. The number of H-pyrrole nitrogens is 1. The molecule has 7 heteroatoms. The van der Waals surface area contributed by atoms with Crippen LogP contribution in [0.4, 0.5) is 5.69 Å². The van der Waals surface area contributed by atoms with E-state index in [2.05, 4.69) is 14.9 Å². The number of likely N-dealkylation sites (tertiary alicyclic amines) is 1. The van der Waals surface area contributed by atoms with Crippen LogP contribution in [-0.4, -0.2) is 53.0 Å². The summed E-state index contributed by atoms with van der Waals surface area (Å²) in [5, 5.41) is 0. The van der Waals surface area contributed by atoms with Gasteiger partial charge >= 0.3 is 0 Å². The maximum Gasteiger partial charge on any atom is 0.271 e. The van der Waals surface area contributed by atoms with E-state index < -0.39 is 0 Å². The van der Waals surface area contributed by atoms with Crippen molar-refractivity contribution < 1.29 is 4.79 Å². The first-order valence-electron chi connectivity index (χ1n) is 10.7. The molecule has 0 radical (unpaired) electrons. The van der Waals surface area contributed by atoms with E-state index in [4.69, 9.17) is 5.73 Å². The summed E-state index contributed by atoms with van der Waals surface area (Å²) in [4.78, 5) is 36.2. The number of aromatic amines is 1. The fraction of sp³-hybridized carbons (Fsp3) is 0.435. The van der Waals surface area contributed by atoms with Crippen molar-refractivity contribution >= 4 is 11.6 Å². The number of aromatic nitrogens is 2. The number of rotatable bonds is 7. The van der Waals surface area contributed by atoms with Crippen LogP contribution < -0.4 is 16.2 Å².